The molecular formula is C28H24BrN7O2S. The van der Waals surface area contributed by atoms with Crippen LogP contribution in [-0.2, 0) is 4.79 Å². The highest BCUT2D eigenvalue weighted by atomic mass is 79.9. The molecule has 1 aliphatic rings. The average molecular weight is 603 g/mol. The van der Waals surface area contributed by atoms with Gasteiger partial charge in [-0.25, -0.2) is 0 Å². The number of nitrogens with zero attached hydrogens (tertiary/aromatic N) is 7. The van der Waals surface area contributed by atoms with Crippen LogP contribution >= 0.6 is 27.7 Å². The van der Waals surface area contributed by atoms with Gasteiger partial charge < -0.3 is 9.42 Å². The molecule has 6 rings (SSSR count). The van der Waals surface area contributed by atoms with E-state index in [1.165, 1.54) is 11.8 Å². The zero-order valence-corrected chi connectivity index (χ0v) is 23.3. The van der Waals surface area contributed by atoms with Crippen LogP contribution in [0.2, 0.25) is 0 Å². The largest absolute Gasteiger partial charge is 0.342 e. The topological polar surface area (TPSA) is 103 Å². The molecule has 0 unspecified atom stereocenters. The third-order valence-electron chi connectivity index (χ3n) is 6.63. The van der Waals surface area contributed by atoms with Crippen LogP contribution in [0.1, 0.15) is 24.7 Å². The Kier molecular flexibility index (Phi) is 7.51. The molecule has 0 atom stereocenters. The lowest BCUT2D eigenvalue weighted by Gasteiger charge is -2.30. The summed E-state index contributed by atoms with van der Waals surface area (Å²) in [7, 11) is 0. The van der Waals surface area contributed by atoms with Crippen molar-refractivity contribution in [2.24, 2.45) is 0 Å². The first-order valence-electron chi connectivity index (χ1n) is 12.6. The molecule has 3 aromatic heterocycles. The van der Waals surface area contributed by atoms with Crippen LogP contribution in [0.5, 0.6) is 0 Å². The third kappa shape index (κ3) is 5.64. The Morgan fingerprint density at radius 2 is 1.74 bits per heavy atom. The first kappa shape index (κ1) is 25.4. The molecule has 1 saturated heterocycles. The number of carbonyl (C=O) groups excluding carboxylic acids is 1. The fraction of sp³-hybridized carbons (Fsp3) is 0.214. The van der Waals surface area contributed by atoms with Crippen molar-refractivity contribution in [3.8, 4) is 28.5 Å². The Hall–Kier alpha value is -3.83. The molecule has 0 spiro atoms. The van der Waals surface area contributed by atoms with Gasteiger partial charge in [-0.05, 0) is 49.2 Å². The summed E-state index contributed by atoms with van der Waals surface area (Å²) in [5.41, 5.74) is 2.69. The predicted octanol–water partition coefficient (Wildman–Crippen LogP) is 5.64. The Morgan fingerprint density at radius 3 is 2.49 bits per heavy atom. The average Bonchev–Trinajstić information content (AvgIpc) is 3.66. The number of amides is 1. The van der Waals surface area contributed by atoms with E-state index in [2.05, 4.69) is 41.3 Å². The maximum Gasteiger partial charge on any atom is 0.233 e. The normalized spacial score (nSPS) is 14.0. The quantitative estimate of drug-likeness (QED) is 0.221. The van der Waals surface area contributed by atoms with Crippen molar-refractivity contribution in [1.82, 2.24) is 34.8 Å². The minimum atomic E-state index is 0.0715. The van der Waals surface area contributed by atoms with Crippen LogP contribution < -0.4 is 0 Å². The van der Waals surface area contributed by atoms with Crippen LogP contribution in [0.15, 0.2) is 93.3 Å². The Morgan fingerprint density at radius 1 is 0.974 bits per heavy atom. The molecule has 1 fully saturated rings. The van der Waals surface area contributed by atoms with E-state index in [0.29, 0.717) is 35.8 Å². The second-order valence-electron chi connectivity index (χ2n) is 9.13. The van der Waals surface area contributed by atoms with Gasteiger partial charge in [-0.1, -0.05) is 63.2 Å². The lowest BCUT2D eigenvalue weighted by atomic mass is 9.97. The predicted molar refractivity (Wildman–Crippen MR) is 151 cm³/mol. The van der Waals surface area contributed by atoms with Crippen molar-refractivity contribution in [3.05, 3.63) is 89.5 Å². The van der Waals surface area contributed by atoms with Crippen LogP contribution in [0.25, 0.3) is 28.5 Å². The van der Waals surface area contributed by atoms with E-state index >= 15 is 0 Å². The van der Waals surface area contributed by atoms with Gasteiger partial charge in [0.05, 0.1) is 5.75 Å². The summed E-state index contributed by atoms with van der Waals surface area (Å²) < 4.78 is 8.51. The number of pyridine rings is 1. The molecule has 11 heteroatoms. The van der Waals surface area contributed by atoms with E-state index in [4.69, 9.17) is 4.52 Å². The van der Waals surface area contributed by atoms with Gasteiger partial charge in [-0.3, -0.25) is 14.3 Å². The van der Waals surface area contributed by atoms with Crippen LogP contribution in [0.3, 0.4) is 0 Å². The number of hydrogen-bond acceptors (Lipinski definition) is 8. The number of thioether (sulfide) groups is 1. The van der Waals surface area contributed by atoms with Gasteiger partial charge in [-0.2, -0.15) is 4.98 Å². The molecule has 2 aromatic carbocycles. The number of likely N-dealkylation sites (tertiary alicyclic amines) is 1. The summed E-state index contributed by atoms with van der Waals surface area (Å²) in [6.45, 7) is 1.29. The minimum Gasteiger partial charge on any atom is -0.342 e. The van der Waals surface area contributed by atoms with E-state index in [9.17, 15) is 4.79 Å². The van der Waals surface area contributed by atoms with Crippen molar-refractivity contribution >= 4 is 33.6 Å². The maximum atomic E-state index is 13.2. The van der Waals surface area contributed by atoms with Gasteiger partial charge in [0.25, 0.3) is 0 Å². The molecule has 0 bridgehead atoms. The molecular weight excluding hydrogens is 578 g/mol. The minimum absolute atomic E-state index is 0.0715. The number of aromatic nitrogens is 6. The Balaban J connectivity index is 1.11. The zero-order chi connectivity index (χ0) is 26.6. The number of piperidine rings is 1. The highest BCUT2D eigenvalue weighted by Gasteiger charge is 2.28. The maximum absolute atomic E-state index is 13.2. The molecule has 1 amide bonds. The molecule has 0 aliphatic carbocycles. The van der Waals surface area contributed by atoms with E-state index in [1.54, 1.807) is 12.4 Å². The molecule has 5 aromatic rings. The lowest BCUT2D eigenvalue weighted by Crippen LogP contribution is -2.39. The van der Waals surface area contributed by atoms with Crippen molar-refractivity contribution in [3.63, 3.8) is 0 Å². The van der Waals surface area contributed by atoms with Gasteiger partial charge >= 0.3 is 0 Å². The zero-order valence-electron chi connectivity index (χ0n) is 20.9. The number of benzene rings is 2. The summed E-state index contributed by atoms with van der Waals surface area (Å²) in [6.07, 6.45) is 5.05. The molecule has 1 aliphatic heterocycles. The fourth-order valence-corrected chi connectivity index (χ4v) is 5.69. The third-order valence-corrected chi connectivity index (χ3v) is 8.08. The molecule has 0 radical (unpaired) electrons. The van der Waals surface area contributed by atoms with Crippen LogP contribution in [-0.4, -0.2) is 59.5 Å². The number of halogens is 1. The summed E-state index contributed by atoms with van der Waals surface area (Å²) in [4.78, 5) is 23.9. The molecule has 0 saturated carbocycles. The number of hydrogen-bond donors (Lipinski definition) is 0. The van der Waals surface area contributed by atoms with Crippen LogP contribution in [0.4, 0.5) is 0 Å². The van der Waals surface area contributed by atoms with Gasteiger partial charge in [0.1, 0.15) is 0 Å². The monoisotopic (exact) mass is 601 g/mol. The van der Waals surface area contributed by atoms with Crippen molar-refractivity contribution in [1.29, 1.82) is 0 Å². The van der Waals surface area contributed by atoms with Crippen molar-refractivity contribution in [2.45, 2.75) is 23.9 Å². The molecule has 196 valence electrons. The van der Waals surface area contributed by atoms with Gasteiger partial charge in [0.15, 0.2) is 11.0 Å². The molecule has 4 heterocycles. The smallest absolute Gasteiger partial charge is 0.233 e. The van der Waals surface area contributed by atoms with E-state index in [1.807, 2.05) is 76.2 Å². The lowest BCUT2D eigenvalue weighted by molar-refractivity contribution is -0.129. The summed E-state index contributed by atoms with van der Waals surface area (Å²) in [5, 5.41) is 13.7. The van der Waals surface area contributed by atoms with Gasteiger partial charge in [0.2, 0.25) is 17.6 Å². The highest BCUT2D eigenvalue weighted by molar-refractivity contribution is 9.10. The van der Waals surface area contributed by atoms with Crippen molar-refractivity contribution in [2.75, 3.05) is 18.8 Å². The fourth-order valence-electron chi connectivity index (χ4n) is 4.57. The first-order chi connectivity index (χ1) is 19.2. The SMILES string of the molecule is O=C(CSc1nnc(-c2cccnc2)n1-c1ccc(Br)cc1)N1CCC(c2nc(-c3ccccc3)no2)CC1. The molecule has 0 N–H and O–H groups in total. The van der Waals surface area contributed by atoms with Crippen molar-refractivity contribution < 1.29 is 9.32 Å². The Labute approximate surface area is 237 Å². The van der Waals surface area contributed by atoms with Crippen LogP contribution in [0, 0.1) is 0 Å². The standard InChI is InChI=1S/C28H24BrN7O2S/c29-22-8-10-23(11-9-22)36-26(21-7-4-14-30-17-21)32-33-28(36)39-18-24(37)35-15-12-20(13-16-35)27-31-25(34-38-27)19-5-2-1-3-6-19/h1-11,14,17,20H,12-13,15-16,18H2. The van der Waals surface area contributed by atoms with E-state index in [-0.39, 0.29) is 17.6 Å². The number of carbonyl (C=O) groups is 1. The first-order valence-corrected chi connectivity index (χ1v) is 14.3. The van der Waals surface area contributed by atoms with Gasteiger partial charge in [-0.15, -0.1) is 10.2 Å². The summed E-state index contributed by atoms with van der Waals surface area (Å²) >= 11 is 4.88. The summed E-state index contributed by atoms with van der Waals surface area (Å²) in [6, 6.07) is 21.5. The molecule has 39 heavy (non-hydrogen) atoms. The molecule has 9 nitrogen and oxygen atoms in total. The number of rotatable bonds is 7. The van der Waals surface area contributed by atoms with Gasteiger partial charge in [0, 0.05) is 52.7 Å². The summed E-state index contributed by atoms with van der Waals surface area (Å²) in [5.74, 6) is 2.40. The highest BCUT2D eigenvalue weighted by Crippen LogP contribution is 2.31. The Bertz CT molecular complexity index is 1550. The van der Waals surface area contributed by atoms with E-state index < -0.39 is 0 Å². The van der Waals surface area contributed by atoms with E-state index in [0.717, 1.165) is 34.1 Å². The second-order valence-corrected chi connectivity index (χ2v) is 11.0. The second kappa shape index (κ2) is 11.5.